The Kier molecular flexibility index (Phi) is 4.39. The second-order valence-corrected chi connectivity index (χ2v) is 6.03. The molecular formula is C18H14N2O3S. The molecule has 0 aliphatic carbocycles. The van der Waals surface area contributed by atoms with Gasteiger partial charge in [0.25, 0.3) is 5.91 Å². The number of amides is 1. The van der Waals surface area contributed by atoms with E-state index in [9.17, 15) is 14.7 Å². The van der Waals surface area contributed by atoms with Crippen molar-refractivity contribution >= 4 is 40.1 Å². The number of carboxylic acids is 1. The van der Waals surface area contributed by atoms with Gasteiger partial charge in [0.15, 0.2) is 0 Å². The van der Waals surface area contributed by atoms with Crippen molar-refractivity contribution in [3.63, 3.8) is 0 Å². The number of aryl methyl sites for hydroxylation is 1. The number of fused-ring (bicyclic) bond motifs is 1. The normalized spacial score (nSPS) is 11.5. The highest BCUT2D eigenvalue weighted by Crippen LogP contribution is 2.20. The Hall–Kier alpha value is -2.99. The third-order valence-corrected chi connectivity index (χ3v) is 4.45. The maximum Gasteiger partial charge on any atom is 0.352 e. The highest BCUT2D eigenvalue weighted by atomic mass is 32.1. The van der Waals surface area contributed by atoms with E-state index in [4.69, 9.17) is 0 Å². The number of thiazole rings is 1. The number of carboxylic acid groups (broad SMARTS) is 1. The molecule has 3 aromatic rings. The number of hydrogen-bond acceptors (Lipinski definition) is 4. The average Bonchev–Trinajstić information content (AvgIpc) is 2.98. The molecule has 3 rings (SSSR count). The molecule has 0 saturated carbocycles. The van der Waals surface area contributed by atoms with E-state index in [1.165, 1.54) is 17.4 Å². The molecule has 2 aromatic carbocycles. The summed E-state index contributed by atoms with van der Waals surface area (Å²) in [7, 11) is 0. The second kappa shape index (κ2) is 6.64. The van der Waals surface area contributed by atoms with Crippen LogP contribution in [-0.2, 0) is 4.79 Å². The van der Waals surface area contributed by atoms with Crippen LogP contribution in [0, 0.1) is 6.92 Å². The van der Waals surface area contributed by atoms with Gasteiger partial charge in [-0.05, 0) is 29.8 Å². The molecule has 0 unspecified atom stereocenters. The van der Waals surface area contributed by atoms with E-state index in [0.717, 1.165) is 16.5 Å². The number of benzene rings is 2. The summed E-state index contributed by atoms with van der Waals surface area (Å²) < 4.78 is 0. The molecule has 0 aliphatic rings. The topological polar surface area (TPSA) is 79.3 Å². The molecule has 0 atom stereocenters. The SMILES string of the molecule is Cc1ncsc1/C=C(/NC(=O)c1cccc2ccccc12)C(=O)O. The first-order chi connectivity index (χ1) is 11.6. The third kappa shape index (κ3) is 3.18. The maximum atomic E-state index is 12.6. The molecule has 24 heavy (non-hydrogen) atoms. The summed E-state index contributed by atoms with van der Waals surface area (Å²) in [6.07, 6.45) is 1.43. The molecule has 5 nitrogen and oxygen atoms in total. The Morgan fingerprint density at radius 1 is 1.17 bits per heavy atom. The summed E-state index contributed by atoms with van der Waals surface area (Å²) in [4.78, 5) is 28.8. The Morgan fingerprint density at radius 3 is 2.62 bits per heavy atom. The number of rotatable bonds is 4. The average molecular weight is 338 g/mol. The zero-order valence-corrected chi connectivity index (χ0v) is 13.6. The number of nitrogens with zero attached hydrogens (tertiary/aromatic N) is 1. The van der Waals surface area contributed by atoms with Gasteiger partial charge in [-0.25, -0.2) is 9.78 Å². The summed E-state index contributed by atoms with van der Waals surface area (Å²) in [5.74, 6) is -1.65. The predicted octanol–water partition coefficient (Wildman–Crippen LogP) is 3.46. The standard InChI is InChI=1S/C18H14N2O3S/c1-11-16(24-10-19-11)9-15(18(22)23)20-17(21)14-8-4-6-12-5-2-3-7-13(12)14/h2-10H,1H3,(H,20,21)(H,22,23)/b15-9+. The zero-order chi connectivity index (χ0) is 17.1. The van der Waals surface area contributed by atoms with Gasteiger partial charge < -0.3 is 10.4 Å². The third-order valence-electron chi connectivity index (χ3n) is 3.57. The van der Waals surface area contributed by atoms with Gasteiger partial charge in [0, 0.05) is 5.56 Å². The molecule has 1 heterocycles. The number of carbonyl (C=O) groups is 2. The van der Waals surface area contributed by atoms with Gasteiger partial charge in [0.1, 0.15) is 5.70 Å². The van der Waals surface area contributed by atoms with Crippen LogP contribution >= 0.6 is 11.3 Å². The maximum absolute atomic E-state index is 12.6. The number of aromatic nitrogens is 1. The molecule has 6 heteroatoms. The van der Waals surface area contributed by atoms with E-state index in [-0.39, 0.29) is 5.70 Å². The molecular weight excluding hydrogens is 324 g/mol. The van der Waals surface area contributed by atoms with E-state index in [1.54, 1.807) is 24.6 Å². The highest BCUT2D eigenvalue weighted by Gasteiger charge is 2.16. The van der Waals surface area contributed by atoms with Gasteiger partial charge in [-0.3, -0.25) is 4.79 Å². The van der Waals surface area contributed by atoms with Crippen molar-refractivity contribution in [2.75, 3.05) is 0 Å². The van der Waals surface area contributed by atoms with E-state index in [2.05, 4.69) is 10.3 Å². The van der Waals surface area contributed by atoms with E-state index >= 15 is 0 Å². The van der Waals surface area contributed by atoms with Gasteiger partial charge in [0.2, 0.25) is 0 Å². The smallest absolute Gasteiger partial charge is 0.352 e. The second-order valence-electron chi connectivity index (χ2n) is 5.15. The van der Waals surface area contributed by atoms with Gasteiger partial charge in [0.05, 0.1) is 16.1 Å². The van der Waals surface area contributed by atoms with Crippen LogP contribution in [0.3, 0.4) is 0 Å². The lowest BCUT2D eigenvalue weighted by Crippen LogP contribution is -2.27. The Balaban J connectivity index is 1.95. The van der Waals surface area contributed by atoms with E-state index < -0.39 is 11.9 Å². The summed E-state index contributed by atoms with van der Waals surface area (Å²) in [5, 5.41) is 13.6. The van der Waals surface area contributed by atoms with Crippen molar-refractivity contribution in [2.45, 2.75) is 6.92 Å². The summed E-state index contributed by atoms with van der Waals surface area (Å²) in [6.45, 7) is 1.79. The highest BCUT2D eigenvalue weighted by molar-refractivity contribution is 7.10. The first-order valence-corrected chi connectivity index (χ1v) is 8.08. The minimum atomic E-state index is -1.20. The molecule has 0 spiro atoms. The molecule has 0 bridgehead atoms. The molecule has 0 saturated heterocycles. The van der Waals surface area contributed by atoms with Crippen LogP contribution < -0.4 is 5.32 Å². The first-order valence-electron chi connectivity index (χ1n) is 7.20. The van der Waals surface area contributed by atoms with Crippen LogP contribution in [0.1, 0.15) is 20.9 Å². The van der Waals surface area contributed by atoms with Crippen molar-refractivity contribution in [3.8, 4) is 0 Å². The van der Waals surface area contributed by atoms with Crippen molar-refractivity contribution in [1.29, 1.82) is 0 Å². The Bertz CT molecular complexity index is 954. The van der Waals surface area contributed by atoms with Crippen molar-refractivity contribution in [1.82, 2.24) is 10.3 Å². The first kappa shape index (κ1) is 15.9. The van der Waals surface area contributed by atoms with Crippen molar-refractivity contribution < 1.29 is 14.7 Å². The van der Waals surface area contributed by atoms with Crippen LogP contribution in [0.15, 0.2) is 53.7 Å². The molecule has 120 valence electrons. The monoisotopic (exact) mass is 338 g/mol. The van der Waals surface area contributed by atoms with Gasteiger partial charge in [-0.1, -0.05) is 36.4 Å². The molecule has 0 radical (unpaired) electrons. The lowest BCUT2D eigenvalue weighted by molar-refractivity contribution is -0.132. The largest absolute Gasteiger partial charge is 0.477 e. The predicted molar refractivity (Wildman–Crippen MR) is 93.9 cm³/mol. The molecule has 0 aliphatic heterocycles. The number of carbonyl (C=O) groups excluding carboxylic acids is 1. The van der Waals surface area contributed by atoms with E-state index in [1.807, 2.05) is 30.3 Å². The Morgan fingerprint density at radius 2 is 1.92 bits per heavy atom. The molecule has 2 N–H and O–H groups in total. The zero-order valence-electron chi connectivity index (χ0n) is 12.8. The number of aliphatic carboxylic acids is 1. The summed E-state index contributed by atoms with van der Waals surface area (Å²) >= 11 is 1.32. The molecule has 0 fully saturated rings. The van der Waals surface area contributed by atoms with Crippen LogP contribution in [0.25, 0.3) is 16.8 Å². The Labute approximate surface area is 142 Å². The van der Waals surface area contributed by atoms with Gasteiger partial charge in [-0.15, -0.1) is 11.3 Å². The minimum absolute atomic E-state index is 0.180. The number of nitrogens with one attached hydrogen (secondary N) is 1. The quantitative estimate of drug-likeness (QED) is 0.714. The molecule has 1 amide bonds. The lowest BCUT2D eigenvalue weighted by Gasteiger charge is -2.08. The van der Waals surface area contributed by atoms with Crippen LogP contribution in [0.4, 0.5) is 0 Å². The van der Waals surface area contributed by atoms with Crippen LogP contribution in [0.5, 0.6) is 0 Å². The van der Waals surface area contributed by atoms with Crippen LogP contribution in [0.2, 0.25) is 0 Å². The minimum Gasteiger partial charge on any atom is -0.477 e. The van der Waals surface area contributed by atoms with Crippen LogP contribution in [-0.4, -0.2) is 22.0 Å². The van der Waals surface area contributed by atoms with Crippen molar-refractivity contribution in [3.05, 3.63) is 69.8 Å². The number of hydrogen-bond donors (Lipinski definition) is 2. The lowest BCUT2D eigenvalue weighted by atomic mass is 10.0. The fraction of sp³-hybridized carbons (Fsp3) is 0.0556. The van der Waals surface area contributed by atoms with Gasteiger partial charge in [-0.2, -0.15) is 0 Å². The molecule has 1 aromatic heterocycles. The summed E-state index contributed by atoms with van der Waals surface area (Å²) in [6, 6.07) is 12.8. The van der Waals surface area contributed by atoms with E-state index in [0.29, 0.717) is 10.4 Å². The van der Waals surface area contributed by atoms with Gasteiger partial charge >= 0.3 is 5.97 Å². The summed E-state index contributed by atoms with van der Waals surface area (Å²) in [5.41, 5.74) is 2.60. The fourth-order valence-electron chi connectivity index (χ4n) is 2.34. The fourth-order valence-corrected chi connectivity index (χ4v) is 3.08. The van der Waals surface area contributed by atoms with Crippen molar-refractivity contribution in [2.24, 2.45) is 0 Å².